The van der Waals surface area contributed by atoms with Gasteiger partial charge in [0.05, 0.1) is 26.4 Å². The maximum atomic E-state index is 11.7. The first-order valence-corrected chi connectivity index (χ1v) is 7.13. The summed E-state index contributed by atoms with van der Waals surface area (Å²) in [6, 6.07) is 0. The molecule has 0 spiro atoms. The molecular formula is C14H14O12. The van der Waals surface area contributed by atoms with Gasteiger partial charge in [0.25, 0.3) is 0 Å². The van der Waals surface area contributed by atoms with Crippen LogP contribution in [0.15, 0.2) is 24.3 Å². The lowest BCUT2D eigenvalue weighted by molar-refractivity contribution is -0.510. The summed E-state index contributed by atoms with van der Waals surface area (Å²) in [5.41, 5.74) is 0. The van der Waals surface area contributed by atoms with E-state index in [2.05, 4.69) is 9.47 Å². The highest BCUT2D eigenvalue weighted by atomic mass is 17.0. The molecule has 0 radical (unpaired) electrons. The van der Waals surface area contributed by atoms with Crippen LogP contribution < -0.4 is 0 Å². The van der Waals surface area contributed by atoms with Crippen molar-refractivity contribution in [3.8, 4) is 0 Å². The highest BCUT2D eigenvalue weighted by Gasteiger charge is 2.68. The van der Waals surface area contributed by atoms with Crippen molar-refractivity contribution in [2.24, 2.45) is 0 Å². The molecule has 2 heterocycles. The van der Waals surface area contributed by atoms with E-state index < -0.39 is 42.4 Å². The summed E-state index contributed by atoms with van der Waals surface area (Å²) in [6.07, 6.45) is 2.54. The van der Waals surface area contributed by atoms with Crippen LogP contribution in [0, 0.1) is 0 Å². The number of hydrogen-bond acceptors (Lipinski definition) is 12. The van der Waals surface area contributed by atoms with Crippen LogP contribution in [-0.4, -0.2) is 72.5 Å². The Morgan fingerprint density at radius 3 is 1.69 bits per heavy atom. The lowest BCUT2D eigenvalue weighted by atomic mass is 10.4. The molecule has 0 atom stereocenters. The minimum atomic E-state index is -3.45. The van der Waals surface area contributed by atoms with Crippen molar-refractivity contribution >= 4 is 23.9 Å². The van der Waals surface area contributed by atoms with E-state index >= 15 is 0 Å². The number of carbonyl (C=O) groups excluding carboxylic acids is 4. The van der Waals surface area contributed by atoms with Crippen molar-refractivity contribution in [3.63, 3.8) is 0 Å². The number of hydrogen-bond donors (Lipinski definition) is 2. The molecule has 12 heteroatoms. The second-order valence-corrected chi connectivity index (χ2v) is 4.67. The molecule has 12 nitrogen and oxygen atoms in total. The Bertz CT molecular complexity index is 608. The molecule has 142 valence electrons. The first-order valence-electron chi connectivity index (χ1n) is 7.13. The van der Waals surface area contributed by atoms with E-state index in [0.29, 0.717) is 24.3 Å². The first-order chi connectivity index (χ1) is 12.3. The molecule has 0 aromatic rings. The Hall–Kier alpha value is -2.80. The predicted octanol–water partition coefficient (Wildman–Crippen LogP) is -2.38. The average molecular weight is 374 g/mol. The molecule has 0 unspecified atom stereocenters. The van der Waals surface area contributed by atoms with Gasteiger partial charge in [0.15, 0.2) is 0 Å². The normalized spacial score (nSPS) is 21.2. The molecule has 0 bridgehead atoms. The minimum Gasteiger partial charge on any atom is -0.394 e. The highest BCUT2D eigenvalue weighted by molar-refractivity contribution is 5.94. The highest BCUT2D eigenvalue weighted by Crippen LogP contribution is 2.35. The fourth-order valence-corrected chi connectivity index (χ4v) is 1.79. The third-order valence-electron chi connectivity index (χ3n) is 2.80. The van der Waals surface area contributed by atoms with E-state index in [1.54, 1.807) is 0 Å². The summed E-state index contributed by atoms with van der Waals surface area (Å²) in [6.45, 7) is -1.06. The van der Waals surface area contributed by atoms with Gasteiger partial charge in [0.1, 0.15) is 0 Å². The lowest BCUT2D eigenvalue weighted by Gasteiger charge is -2.38. The number of ether oxygens (including phenoxy) is 6. The summed E-state index contributed by atoms with van der Waals surface area (Å²) in [7, 11) is 0. The van der Waals surface area contributed by atoms with Gasteiger partial charge in [-0.05, 0) is 0 Å². The van der Waals surface area contributed by atoms with E-state index in [9.17, 15) is 24.3 Å². The zero-order chi connectivity index (χ0) is 19.2. The first kappa shape index (κ1) is 19.5. The van der Waals surface area contributed by atoms with E-state index in [1.165, 1.54) is 0 Å². The van der Waals surface area contributed by atoms with Gasteiger partial charge >= 0.3 is 35.8 Å². The second-order valence-electron chi connectivity index (χ2n) is 4.67. The summed E-state index contributed by atoms with van der Waals surface area (Å²) in [4.78, 5) is 46.6. The molecule has 26 heavy (non-hydrogen) atoms. The van der Waals surface area contributed by atoms with Crippen LogP contribution in [0.5, 0.6) is 0 Å². The standard InChI is InChI=1S/C14H14O12/c15-5-6-21-7-8-22-14(25-11(18)3-4-12(19)26-14)13(20)23-9(16)1-2-10(17)24-13/h1-4,15,20H,5-8H2. The van der Waals surface area contributed by atoms with Crippen molar-refractivity contribution in [2.45, 2.75) is 11.9 Å². The molecule has 0 saturated heterocycles. The summed E-state index contributed by atoms with van der Waals surface area (Å²) >= 11 is 0. The van der Waals surface area contributed by atoms with Crippen LogP contribution >= 0.6 is 0 Å². The van der Waals surface area contributed by atoms with Gasteiger partial charge in [-0.2, -0.15) is 0 Å². The summed E-state index contributed by atoms with van der Waals surface area (Å²) < 4.78 is 28.5. The van der Waals surface area contributed by atoms with Gasteiger partial charge < -0.3 is 33.9 Å². The molecule has 2 N–H and O–H groups in total. The molecule has 0 amide bonds. The topological polar surface area (TPSA) is 164 Å². The Morgan fingerprint density at radius 1 is 0.769 bits per heavy atom. The zero-order valence-corrected chi connectivity index (χ0v) is 13.1. The monoisotopic (exact) mass is 374 g/mol. The largest absolute Gasteiger partial charge is 0.491 e. The molecule has 0 saturated carbocycles. The number of aliphatic hydroxyl groups excluding tert-OH is 1. The molecule has 0 aliphatic carbocycles. The van der Waals surface area contributed by atoms with Gasteiger partial charge in [-0.25, -0.2) is 19.2 Å². The van der Waals surface area contributed by atoms with Crippen LogP contribution in [0.1, 0.15) is 0 Å². The smallest absolute Gasteiger partial charge is 0.394 e. The zero-order valence-electron chi connectivity index (χ0n) is 13.1. The molecule has 2 rings (SSSR count). The summed E-state index contributed by atoms with van der Waals surface area (Å²) in [5, 5.41) is 19.1. The number of rotatable bonds is 7. The molecule has 0 aromatic heterocycles. The van der Waals surface area contributed by atoms with Gasteiger partial charge in [-0.15, -0.1) is 0 Å². The molecular weight excluding hydrogens is 360 g/mol. The predicted molar refractivity (Wildman–Crippen MR) is 74.2 cm³/mol. The average Bonchev–Trinajstić information content (AvgIpc) is 2.80. The van der Waals surface area contributed by atoms with Crippen LogP contribution in [0.2, 0.25) is 0 Å². The Labute approximate surface area is 145 Å². The van der Waals surface area contributed by atoms with Crippen LogP contribution in [0.25, 0.3) is 0 Å². The third-order valence-corrected chi connectivity index (χ3v) is 2.80. The second kappa shape index (κ2) is 8.05. The lowest BCUT2D eigenvalue weighted by Crippen LogP contribution is -2.64. The van der Waals surface area contributed by atoms with Crippen molar-refractivity contribution in [1.29, 1.82) is 0 Å². The van der Waals surface area contributed by atoms with Crippen LogP contribution in [0.3, 0.4) is 0 Å². The van der Waals surface area contributed by atoms with Gasteiger partial charge in [-0.1, -0.05) is 0 Å². The van der Waals surface area contributed by atoms with Crippen LogP contribution in [0.4, 0.5) is 0 Å². The molecule has 0 aromatic carbocycles. The summed E-state index contributed by atoms with van der Waals surface area (Å²) in [5.74, 6) is -11.6. The number of cyclic esters (lactones) is 4. The SMILES string of the molecule is O=C1C=CC(=O)OC(O)(C2(OCCOCCO)OC(=O)C=CC(=O)O2)O1. The fourth-order valence-electron chi connectivity index (χ4n) is 1.79. The van der Waals surface area contributed by atoms with Crippen molar-refractivity contribution < 1.29 is 57.8 Å². The van der Waals surface area contributed by atoms with Crippen molar-refractivity contribution in [3.05, 3.63) is 24.3 Å². The van der Waals surface area contributed by atoms with E-state index in [0.717, 1.165) is 0 Å². The molecule has 2 aliphatic rings. The quantitative estimate of drug-likeness (QED) is 0.360. The van der Waals surface area contributed by atoms with E-state index in [4.69, 9.17) is 24.1 Å². The number of aliphatic hydroxyl groups is 2. The fraction of sp³-hybridized carbons (Fsp3) is 0.429. The van der Waals surface area contributed by atoms with Crippen molar-refractivity contribution in [1.82, 2.24) is 0 Å². The van der Waals surface area contributed by atoms with E-state index in [-0.39, 0.29) is 19.8 Å². The minimum absolute atomic E-state index is 0.0599. The number of carbonyl (C=O) groups is 4. The Morgan fingerprint density at radius 2 is 1.23 bits per heavy atom. The Balaban J connectivity index is 2.32. The van der Waals surface area contributed by atoms with Gasteiger partial charge in [0.2, 0.25) is 0 Å². The molecule has 0 fully saturated rings. The van der Waals surface area contributed by atoms with Crippen LogP contribution in [-0.2, 0) is 47.6 Å². The van der Waals surface area contributed by atoms with Gasteiger partial charge in [0, 0.05) is 24.3 Å². The molecule has 2 aliphatic heterocycles. The number of esters is 4. The third kappa shape index (κ3) is 4.43. The maximum Gasteiger partial charge on any atom is 0.491 e. The van der Waals surface area contributed by atoms with Gasteiger partial charge in [-0.3, -0.25) is 4.74 Å². The maximum absolute atomic E-state index is 11.7. The van der Waals surface area contributed by atoms with E-state index in [1.807, 2.05) is 0 Å². The van der Waals surface area contributed by atoms with Crippen molar-refractivity contribution in [2.75, 3.05) is 26.4 Å². The Kier molecular flexibility index (Phi) is 6.05.